The maximum absolute atomic E-state index is 5.77. The Labute approximate surface area is 189 Å². The van der Waals surface area contributed by atoms with Crippen molar-refractivity contribution in [3.63, 3.8) is 0 Å². The fraction of sp³-hybridized carbons (Fsp3) is 0.458. The van der Waals surface area contributed by atoms with E-state index in [1.54, 1.807) is 18.9 Å². The molecule has 0 spiro atoms. The summed E-state index contributed by atoms with van der Waals surface area (Å²) < 4.78 is 7.60. The molecule has 2 aromatic heterocycles. The van der Waals surface area contributed by atoms with Crippen molar-refractivity contribution < 1.29 is 4.42 Å². The van der Waals surface area contributed by atoms with Crippen LogP contribution in [0, 0.1) is 0 Å². The van der Waals surface area contributed by atoms with Crippen molar-refractivity contribution in [1.29, 1.82) is 0 Å². The Morgan fingerprint density at radius 2 is 2.00 bits per heavy atom. The molecule has 0 amide bonds. The second-order valence-corrected chi connectivity index (χ2v) is 8.12. The highest BCUT2D eigenvalue weighted by molar-refractivity contribution is 5.79. The number of nitrogens with one attached hydrogen (secondary N) is 2. The zero-order valence-corrected chi connectivity index (χ0v) is 18.8. The number of piperidine rings is 1. The highest BCUT2D eigenvalue weighted by Gasteiger charge is 2.24. The zero-order valence-electron chi connectivity index (χ0n) is 18.8. The smallest absolute Gasteiger partial charge is 0.191 e. The minimum Gasteiger partial charge on any atom is -0.468 e. The van der Waals surface area contributed by atoms with E-state index < -0.39 is 0 Å². The molecule has 32 heavy (non-hydrogen) atoms. The molecule has 0 bridgehead atoms. The molecule has 0 radical (unpaired) electrons. The monoisotopic (exact) mass is 435 g/mol. The Hall–Kier alpha value is -3.13. The molecular formula is C24H33N7O. The number of hydrogen-bond donors (Lipinski definition) is 2. The Balaban J connectivity index is 1.40. The maximum Gasteiger partial charge on any atom is 0.191 e. The van der Waals surface area contributed by atoms with E-state index in [2.05, 4.69) is 62.9 Å². The predicted molar refractivity (Wildman–Crippen MR) is 125 cm³/mol. The molecule has 1 aliphatic heterocycles. The molecule has 1 saturated heterocycles. The largest absolute Gasteiger partial charge is 0.468 e. The van der Waals surface area contributed by atoms with Gasteiger partial charge in [0, 0.05) is 13.1 Å². The van der Waals surface area contributed by atoms with E-state index in [0.717, 1.165) is 37.9 Å². The fourth-order valence-electron chi connectivity index (χ4n) is 4.15. The van der Waals surface area contributed by atoms with Gasteiger partial charge in [0.15, 0.2) is 5.96 Å². The van der Waals surface area contributed by atoms with Crippen molar-refractivity contribution in [3.8, 4) is 0 Å². The highest BCUT2D eigenvalue weighted by atomic mass is 16.3. The maximum atomic E-state index is 5.77. The highest BCUT2D eigenvalue weighted by Crippen LogP contribution is 2.24. The molecule has 3 heterocycles. The lowest BCUT2D eigenvalue weighted by atomic mass is 10.1. The fourth-order valence-corrected chi connectivity index (χ4v) is 4.15. The summed E-state index contributed by atoms with van der Waals surface area (Å²) in [4.78, 5) is 11.4. The molecule has 170 valence electrons. The number of aromatic nitrogens is 3. The normalized spacial score (nSPS) is 16.1. The van der Waals surface area contributed by atoms with Crippen LogP contribution in [-0.2, 0) is 13.1 Å². The quantitative estimate of drug-likeness (QED) is 0.397. The summed E-state index contributed by atoms with van der Waals surface area (Å²) in [7, 11) is 0. The van der Waals surface area contributed by atoms with Crippen molar-refractivity contribution in [3.05, 3.63) is 72.2 Å². The number of aliphatic imine (C=N–C) groups is 1. The van der Waals surface area contributed by atoms with Gasteiger partial charge in [-0.25, -0.2) is 14.7 Å². The summed E-state index contributed by atoms with van der Waals surface area (Å²) in [5.74, 6) is 1.83. The first-order valence-corrected chi connectivity index (χ1v) is 11.5. The van der Waals surface area contributed by atoms with Gasteiger partial charge in [-0.3, -0.25) is 4.90 Å². The van der Waals surface area contributed by atoms with Crippen LogP contribution in [0.2, 0.25) is 0 Å². The Bertz CT molecular complexity index is 947. The van der Waals surface area contributed by atoms with Gasteiger partial charge in [-0.05, 0) is 56.1 Å². The summed E-state index contributed by atoms with van der Waals surface area (Å²) in [6.45, 7) is 7.19. The van der Waals surface area contributed by atoms with Crippen LogP contribution < -0.4 is 10.6 Å². The summed E-state index contributed by atoms with van der Waals surface area (Å²) in [6, 6.07) is 12.7. The zero-order chi connectivity index (χ0) is 22.0. The first-order valence-electron chi connectivity index (χ1n) is 11.5. The standard InChI is InChI=1S/C24H33N7O/c1-2-26-24(27-15-20-8-6-9-21(14-20)17-31-19-25-18-29-31)28-16-22(23-10-7-13-32-23)30-11-4-3-5-12-30/h6-10,13-14,18-19,22H,2-5,11-12,15-17H2,1H3,(H2,26,27,28). The molecule has 1 aromatic carbocycles. The van der Waals surface area contributed by atoms with Gasteiger partial charge in [-0.1, -0.05) is 30.7 Å². The van der Waals surface area contributed by atoms with E-state index in [4.69, 9.17) is 9.41 Å². The minimum atomic E-state index is 0.208. The lowest BCUT2D eigenvalue weighted by Gasteiger charge is -2.33. The van der Waals surface area contributed by atoms with Crippen LogP contribution in [0.5, 0.6) is 0 Å². The molecule has 8 nitrogen and oxygen atoms in total. The van der Waals surface area contributed by atoms with Crippen LogP contribution in [0.15, 0.2) is 64.7 Å². The first-order chi connectivity index (χ1) is 15.8. The Morgan fingerprint density at radius 1 is 1.12 bits per heavy atom. The third-order valence-electron chi connectivity index (χ3n) is 5.73. The molecular weight excluding hydrogens is 402 g/mol. The number of nitrogens with zero attached hydrogens (tertiary/aromatic N) is 5. The molecule has 1 unspecified atom stereocenters. The molecule has 1 aliphatic rings. The summed E-state index contributed by atoms with van der Waals surface area (Å²) in [5, 5.41) is 11.1. The van der Waals surface area contributed by atoms with E-state index in [1.165, 1.54) is 30.4 Å². The van der Waals surface area contributed by atoms with Gasteiger partial charge in [-0.2, -0.15) is 5.10 Å². The molecule has 4 rings (SSSR count). The number of likely N-dealkylation sites (tertiary alicyclic amines) is 1. The van der Waals surface area contributed by atoms with Crippen molar-refractivity contribution in [2.75, 3.05) is 26.2 Å². The second kappa shape index (κ2) is 11.5. The Morgan fingerprint density at radius 3 is 2.75 bits per heavy atom. The van der Waals surface area contributed by atoms with E-state index in [-0.39, 0.29) is 6.04 Å². The van der Waals surface area contributed by atoms with Crippen LogP contribution in [0.3, 0.4) is 0 Å². The molecule has 0 saturated carbocycles. The SMILES string of the molecule is CCNC(=NCc1cccc(Cn2cncn2)c1)NCC(c1ccco1)N1CCCCC1. The third-order valence-corrected chi connectivity index (χ3v) is 5.73. The van der Waals surface area contributed by atoms with Crippen LogP contribution in [0.4, 0.5) is 0 Å². The van der Waals surface area contributed by atoms with Gasteiger partial charge in [0.2, 0.25) is 0 Å². The van der Waals surface area contributed by atoms with Crippen molar-refractivity contribution in [1.82, 2.24) is 30.3 Å². The van der Waals surface area contributed by atoms with Crippen LogP contribution >= 0.6 is 0 Å². The minimum absolute atomic E-state index is 0.208. The number of hydrogen-bond acceptors (Lipinski definition) is 5. The first kappa shape index (κ1) is 22.1. The molecule has 2 N–H and O–H groups in total. The molecule has 0 aliphatic carbocycles. The average Bonchev–Trinajstić information content (AvgIpc) is 3.53. The van der Waals surface area contributed by atoms with Crippen LogP contribution in [0.1, 0.15) is 49.1 Å². The number of rotatable bonds is 9. The van der Waals surface area contributed by atoms with Gasteiger partial charge >= 0.3 is 0 Å². The summed E-state index contributed by atoms with van der Waals surface area (Å²) >= 11 is 0. The number of guanidine groups is 1. The lowest BCUT2D eigenvalue weighted by Crippen LogP contribution is -2.44. The lowest BCUT2D eigenvalue weighted by molar-refractivity contribution is 0.146. The van der Waals surface area contributed by atoms with Gasteiger partial charge in [0.05, 0.1) is 25.4 Å². The number of furan rings is 1. The van der Waals surface area contributed by atoms with Crippen LogP contribution in [0.25, 0.3) is 0 Å². The van der Waals surface area contributed by atoms with E-state index >= 15 is 0 Å². The van der Waals surface area contributed by atoms with Gasteiger partial charge < -0.3 is 15.1 Å². The van der Waals surface area contributed by atoms with Gasteiger partial charge in [0.25, 0.3) is 0 Å². The average molecular weight is 436 g/mol. The van der Waals surface area contributed by atoms with Gasteiger partial charge in [0.1, 0.15) is 18.4 Å². The van der Waals surface area contributed by atoms with Crippen molar-refractivity contribution in [2.24, 2.45) is 4.99 Å². The Kier molecular flexibility index (Phi) is 7.92. The van der Waals surface area contributed by atoms with Crippen molar-refractivity contribution >= 4 is 5.96 Å². The van der Waals surface area contributed by atoms with Crippen molar-refractivity contribution in [2.45, 2.75) is 45.3 Å². The van der Waals surface area contributed by atoms with E-state index in [0.29, 0.717) is 13.1 Å². The second-order valence-electron chi connectivity index (χ2n) is 8.12. The third kappa shape index (κ3) is 6.20. The molecule has 8 heteroatoms. The van der Waals surface area contributed by atoms with E-state index in [1.807, 2.05) is 10.7 Å². The molecule has 1 fully saturated rings. The molecule has 1 atom stereocenters. The summed E-state index contributed by atoms with van der Waals surface area (Å²) in [5.41, 5.74) is 2.35. The molecule has 3 aromatic rings. The number of benzene rings is 1. The van der Waals surface area contributed by atoms with Gasteiger partial charge in [-0.15, -0.1) is 0 Å². The topological polar surface area (TPSA) is 83.5 Å². The van der Waals surface area contributed by atoms with E-state index in [9.17, 15) is 0 Å². The van der Waals surface area contributed by atoms with Crippen LogP contribution in [-0.4, -0.2) is 51.8 Å². The predicted octanol–water partition coefficient (Wildman–Crippen LogP) is 3.20. The summed E-state index contributed by atoms with van der Waals surface area (Å²) in [6.07, 6.45) is 8.86.